The molecule has 0 radical (unpaired) electrons. The van der Waals surface area contributed by atoms with E-state index in [4.69, 9.17) is 4.74 Å². The number of rotatable bonds is 7. The number of hydrogen-bond donors (Lipinski definition) is 1. The van der Waals surface area contributed by atoms with Gasteiger partial charge in [-0.3, -0.25) is 9.48 Å². The van der Waals surface area contributed by atoms with Crippen LogP contribution in [-0.4, -0.2) is 51.0 Å². The van der Waals surface area contributed by atoms with Gasteiger partial charge in [-0.05, 0) is 31.0 Å². The molecule has 3 rings (SSSR count). The van der Waals surface area contributed by atoms with Crippen LogP contribution in [0.2, 0.25) is 0 Å². The second-order valence-corrected chi connectivity index (χ2v) is 6.41. The summed E-state index contributed by atoms with van der Waals surface area (Å²) in [6.45, 7) is 1.47. The SMILES string of the molecule is O=C(CCCn1cccn1)N1CC[C@](O)(COc2cccc(F)c2)C1. The van der Waals surface area contributed by atoms with Crippen molar-refractivity contribution in [3.05, 3.63) is 48.5 Å². The third kappa shape index (κ3) is 4.79. The Bertz CT molecular complexity index is 707. The number of benzene rings is 1. The summed E-state index contributed by atoms with van der Waals surface area (Å²) in [5.41, 5.74) is -1.09. The first-order valence-corrected chi connectivity index (χ1v) is 8.40. The molecule has 1 N–H and O–H groups in total. The number of aliphatic hydroxyl groups is 1. The second kappa shape index (κ2) is 7.65. The molecule has 1 aromatic heterocycles. The van der Waals surface area contributed by atoms with Crippen LogP contribution in [-0.2, 0) is 11.3 Å². The minimum atomic E-state index is -1.09. The van der Waals surface area contributed by atoms with Crippen LogP contribution in [0.4, 0.5) is 4.39 Å². The number of ether oxygens (including phenoxy) is 1. The Labute approximate surface area is 145 Å². The Kier molecular flexibility index (Phi) is 5.33. The molecule has 0 bridgehead atoms. The third-order valence-corrected chi connectivity index (χ3v) is 4.33. The van der Waals surface area contributed by atoms with Gasteiger partial charge >= 0.3 is 0 Å². The summed E-state index contributed by atoms with van der Waals surface area (Å²) in [5.74, 6) is 0.0103. The number of aryl methyl sites for hydroxylation is 1. The number of amides is 1. The molecule has 1 saturated heterocycles. The van der Waals surface area contributed by atoms with E-state index in [0.29, 0.717) is 38.1 Å². The summed E-state index contributed by atoms with van der Waals surface area (Å²) in [5, 5.41) is 14.7. The number of aromatic nitrogens is 2. The van der Waals surface area contributed by atoms with E-state index in [-0.39, 0.29) is 24.9 Å². The first-order valence-electron chi connectivity index (χ1n) is 8.40. The molecule has 1 aliphatic heterocycles. The van der Waals surface area contributed by atoms with Crippen LogP contribution in [0.15, 0.2) is 42.7 Å². The minimum absolute atomic E-state index is 0.0221. The molecule has 1 amide bonds. The van der Waals surface area contributed by atoms with Crippen molar-refractivity contribution in [3.63, 3.8) is 0 Å². The molecule has 2 heterocycles. The molecule has 25 heavy (non-hydrogen) atoms. The largest absolute Gasteiger partial charge is 0.490 e. The van der Waals surface area contributed by atoms with Gasteiger partial charge in [-0.15, -0.1) is 0 Å². The van der Waals surface area contributed by atoms with Gasteiger partial charge in [0.15, 0.2) is 0 Å². The average Bonchev–Trinajstić information content (AvgIpc) is 3.23. The van der Waals surface area contributed by atoms with E-state index in [1.54, 1.807) is 27.9 Å². The third-order valence-electron chi connectivity index (χ3n) is 4.33. The summed E-state index contributed by atoms with van der Waals surface area (Å²) in [6, 6.07) is 7.65. The molecular formula is C18H22FN3O3. The Hall–Kier alpha value is -2.41. The van der Waals surface area contributed by atoms with E-state index in [2.05, 4.69) is 5.10 Å². The van der Waals surface area contributed by atoms with Crippen molar-refractivity contribution < 1.29 is 19.0 Å². The summed E-state index contributed by atoms with van der Waals surface area (Å²) in [6.07, 6.45) is 5.15. The maximum absolute atomic E-state index is 13.1. The van der Waals surface area contributed by atoms with Crippen LogP contribution in [0.3, 0.4) is 0 Å². The fourth-order valence-electron chi connectivity index (χ4n) is 2.94. The van der Waals surface area contributed by atoms with Gasteiger partial charge in [-0.1, -0.05) is 6.07 Å². The van der Waals surface area contributed by atoms with Crippen LogP contribution in [0, 0.1) is 5.82 Å². The smallest absolute Gasteiger partial charge is 0.222 e. The maximum atomic E-state index is 13.1. The molecule has 2 aromatic rings. The Balaban J connectivity index is 1.44. The van der Waals surface area contributed by atoms with Crippen molar-refractivity contribution in [3.8, 4) is 5.75 Å². The first-order chi connectivity index (χ1) is 12.0. The predicted octanol–water partition coefficient (Wildman–Crippen LogP) is 1.84. The van der Waals surface area contributed by atoms with Crippen LogP contribution >= 0.6 is 0 Å². The molecule has 0 spiro atoms. The summed E-state index contributed by atoms with van der Waals surface area (Å²) >= 11 is 0. The number of halogens is 1. The van der Waals surface area contributed by atoms with Gasteiger partial charge in [0.25, 0.3) is 0 Å². The van der Waals surface area contributed by atoms with Gasteiger partial charge in [-0.25, -0.2) is 4.39 Å². The number of carbonyl (C=O) groups is 1. The Morgan fingerprint density at radius 2 is 2.28 bits per heavy atom. The molecule has 1 aliphatic rings. The van der Waals surface area contributed by atoms with Gasteiger partial charge in [-0.2, -0.15) is 5.10 Å². The van der Waals surface area contributed by atoms with Gasteiger partial charge in [0, 0.05) is 38.0 Å². The quantitative estimate of drug-likeness (QED) is 0.830. The fraction of sp³-hybridized carbons (Fsp3) is 0.444. The summed E-state index contributed by atoms with van der Waals surface area (Å²) < 4.78 is 20.4. The highest BCUT2D eigenvalue weighted by Crippen LogP contribution is 2.24. The van der Waals surface area contributed by atoms with Crippen molar-refractivity contribution in [1.82, 2.24) is 14.7 Å². The van der Waals surface area contributed by atoms with E-state index in [1.807, 2.05) is 12.3 Å². The number of nitrogens with zero attached hydrogens (tertiary/aromatic N) is 3. The van der Waals surface area contributed by atoms with Crippen molar-refractivity contribution in [2.45, 2.75) is 31.4 Å². The predicted molar refractivity (Wildman–Crippen MR) is 89.5 cm³/mol. The van der Waals surface area contributed by atoms with E-state index >= 15 is 0 Å². The van der Waals surface area contributed by atoms with Gasteiger partial charge < -0.3 is 14.7 Å². The lowest BCUT2D eigenvalue weighted by Crippen LogP contribution is -2.40. The molecule has 0 saturated carbocycles. The van der Waals surface area contributed by atoms with Crippen molar-refractivity contribution in [2.75, 3.05) is 19.7 Å². The standard InChI is InChI=1S/C18H22FN3O3/c19-15-4-1-5-16(12-15)25-14-18(24)7-11-21(13-18)17(23)6-2-9-22-10-3-8-20-22/h1,3-5,8,10,12,24H,2,6-7,9,11,13-14H2/t18-/m1/s1. The van der Waals surface area contributed by atoms with Crippen LogP contribution < -0.4 is 4.74 Å². The highest BCUT2D eigenvalue weighted by Gasteiger charge is 2.38. The molecule has 6 nitrogen and oxygen atoms in total. The number of likely N-dealkylation sites (tertiary alicyclic amines) is 1. The Morgan fingerprint density at radius 1 is 1.40 bits per heavy atom. The maximum Gasteiger partial charge on any atom is 0.222 e. The summed E-state index contributed by atoms with van der Waals surface area (Å²) in [4.78, 5) is 13.9. The molecule has 134 valence electrons. The number of carbonyl (C=O) groups excluding carboxylic acids is 1. The highest BCUT2D eigenvalue weighted by molar-refractivity contribution is 5.76. The second-order valence-electron chi connectivity index (χ2n) is 6.41. The summed E-state index contributed by atoms with van der Waals surface area (Å²) in [7, 11) is 0. The number of hydrogen-bond acceptors (Lipinski definition) is 4. The molecule has 1 fully saturated rings. The zero-order valence-electron chi connectivity index (χ0n) is 14.0. The lowest BCUT2D eigenvalue weighted by Gasteiger charge is -2.23. The molecular weight excluding hydrogens is 325 g/mol. The first kappa shape index (κ1) is 17.4. The van der Waals surface area contributed by atoms with Gasteiger partial charge in [0.05, 0.1) is 6.54 Å². The normalized spacial score (nSPS) is 20.0. The molecule has 0 unspecified atom stereocenters. The monoisotopic (exact) mass is 347 g/mol. The van der Waals surface area contributed by atoms with E-state index < -0.39 is 5.60 Å². The molecule has 1 aromatic carbocycles. The zero-order valence-corrected chi connectivity index (χ0v) is 14.0. The minimum Gasteiger partial charge on any atom is -0.490 e. The highest BCUT2D eigenvalue weighted by atomic mass is 19.1. The average molecular weight is 347 g/mol. The van der Waals surface area contributed by atoms with E-state index in [0.717, 1.165) is 0 Å². The molecule has 7 heteroatoms. The lowest BCUT2D eigenvalue weighted by molar-refractivity contribution is -0.131. The van der Waals surface area contributed by atoms with E-state index in [9.17, 15) is 14.3 Å². The van der Waals surface area contributed by atoms with Crippen LogP contribution in [0.5, 0.6) is 5.75 Å². The number of β-amino-alcohol motifs (C(OH)–C–C–N with tert-alkyl or cyclic N) is 1. The molecule has 1 atom stereocenters. The van der Waals surface area contributed by atoms with Crippen molar-refractivity contribution in [2.24, 2.45) is 0 Å². The lowest BCUT2D eigenvalue weighted by atomic mass is 10.1. The topological polar surface area (TPSA) is 67.6 Å². The van der Waals surface area contributed by atoms with Crippen molar-refractivity contribution in [1.29, 1.82) is 0 Å². The van der Waals surface area contributed by atoms with Crippen molar-refractivity contribution >= 4 is 5.91 Å². The zero-order chi connectivity index (χ0) is 17.7. The van der Waals surface area contributed by atoms with Gasteiger partial charge in [0.1, 0.15) is 23.8 Å². The fourth-order valence-corrected chi connectivity index (χ4v) is 2.94. The van der Waals surface area contributed by atoms with Gasteiger partial charge in [0.2, 0.25) is 5.91 Å². The van der Waals surface area contributed by atoms with Crippen LogP contribution in [0.1, 0.15) is 19.3 Å². The Morgan fingerprint density at radius 3 is 3.04 bits per heavy atom. The molecule has 0 aliphatic carbocycles. The van der Waals surface area contributed by atoms with Crippen LogP contribution in [0.25, 0.3) is 0 Å². The van der Waals surface area contributed by atoms with E-state index in [1.165, 1.54) is 12.1 Å².